The summed E-state index contributed by atoms with van der Waals surface area (Å²) >= 11 is 0. The number of hydrogen-bond acceptors (Lipinski definition) is 5. The lowest BCUT2D eigenvalue weighted by Crippen LogP contribution is -2.41. The van der Waals surface area contributed by atoms with Crippen molar-refractivity contribution >= 4 is 10.0 Å². The van der Waals surface area contributed by atoms with Gasteiger partial charge >= 0.3 is 0 Å². The van der Waals surface area contributed by atoms with Crippen LogP contribution in [0.1, 0.15) is 25.3 Å². The molecule has 0 atom stereocenters. The number of hydrogen-bond donors (Lipinski definition) is 1. The predicted molar refractivity (Wildman–Crippen MR) is 82.5 cm³/mol. The maximum Gasteiger partial charge on any atom is 0.244 e. The first-order valence-electron chi connectivity index (χ1n) is 7.28. The second-order valence-corrected chi connectivity index (χ2v) is 7.22. The summed E-state index contributed by atoms with van der Waals surface area (Å²) in [5, 5.41) is 0. The van der Waals surface area contributed by atoms with Crippen LogP contribution in [0.5, 0.6) is 5.75 Å². The number of benzene rings is 1. The van der Waals surface area contributed by atoms with Gasteiger partial charge in [-0.05, 0) is 38.0 Å². The van der Waals surface area contributed by atoms with Gasteiger partial charge in [0.1, 0.15) is 10.6 Å². The third kappa shape index (κ3) is 4.19. The smallest absolute Gasteiger partial charge is 0.244 e. The summed E-state index contributed by atoms with van der Waals surface area (Å²) in [7, 11) is -2.19. The molecule has 0 aliphatic carbocycles. The first kappa shape index (κ1) is 17.2. The Hall–Kier alpha value is -1.15. The Balaban J connectivity index is 2.04. The van der Waals surface area contributed by atoms with Gasteiger partial charge in [0.15, 0.2) is 5.79 Å². The van der Waals surface area contributed by atoms with Crippen LogP contribution in [0.3, 0.4) is 0 Å². The highest BCUT2D eigenvalue weighted by atomic mass is 32.2. The minimum atomic E-state index is -3.64. The number of ether oxygens (including phenoxy) is 3. The van der Waals surface area contributed by atoms with Crippen LogP contribution in [0.25, 0.3) is 0 Å². The van der Waals surface area contributed by atoms with E-state index in [4.69, 9.17) is 14.2 Å². The Kier molecular flexibility index (Phi) is 5.44. The quantitative estimate of drug-likeness (QED) is 0.862. The zero-order valence-corrected chi connectivity index (χ0v) is 14.0. The maximum absolute atomic E-state index is 12.4. The van der Waals surface area contributed by atoms with Crippen LogP contribution in [-0.4, -0.2) is 41.1 Å². The number of rotatable bonds is 6. The minimum Gasteiger partial charge on any atom is -0.495 e. The van der Waals surface area contributed by atoms with E-state index in [1.165, 1.54) is 7.11 Å². The van der Waals surface area contributed by atoms with Gasteiger partial charge in [-0.15, -0.1) is 0 Å². The molecule has 1 saturated heterocycles. The second-order valence-electron chi connectivity index (χ2n) is 5.49. The molecule has 0 spiro atoms. The molecule has 1 aliphatic heterocycles. The summed E-state index contributed by atoms with van der Waals surface area (Å²) in [6.45, 7) is 5.16. The fourth-order valence-corrected chi connectivity index (χ4v) is 3.59. The van der Waals surface area contributed by atoms with Crippen LogP contribution in [0, 0.1) is 6.92 Å². The average Bonchev–Trinajstić information content (AvgIpc) is 2.47. The summed E-state index contributed by atoms with van der Waals surface area (Å²) in [6.07, 6.45) is 1.31. The lowest BCUT2D eigenvalue weighted by molar-refractivity contribution is -0.257. The van der Waals surface area contributed by atoms with E-state index in [0.29, 0.717) is 25.4 Å². The minimum absolute atomic E-state index is 0.144. The molecule has 0 saturated carbocycles. The van der Waals surface area contributed by atoms with Gasteiger partial charge in [-0.1, -0.05) is 6.07 Å². The van der Waals surface area contributed by atoms with Crippen molar-refractivity contribution in [2.24, 2.45) is 0 Å². The molecule has 6 nitrogen and oxygen atoms in total. The molecule has 1 aliphatic rings. The van der Waals surface area contributed by atoms with E-state index < -0.39 is 15.8 Å². The zero-order chi connectivity index (χ0) is 16.2. The number of methoxy groups -OCH3 is 1. The van der Waals surface area contributed by atoms with Crippen molar-refractivity contribution in [3.63, 3.8) is 0 Å². The van der Waals surface area contributed by atoms with Crippen molar-refractivity contribution in [1.82, 2.24) is 4.72 Å². The highest BCUT2D eigenvalue weighted by Crippen LogP contribution is 2.25. The molecule has 2 rings (SSSR count). The van der Waals surface area contributed by atoms with Crippen LogP contribution < -0.4 is 9.46 Å². The summed E-state index contributed by atoms with van der Waals surface area (Å²) in [5.74, 6) is -0.397. The lowest BCUT2D eigenvalue weighted by atomic mass is 10.2. The zero-order valence-electron chi connectivity index (χ0n) is 13.2. The summed E-state index contributed by atoms with van der Waals surface area (Å²) in [4.78, 5) is 0.144. The highest BCUT2D eigenvalue weighted by molar-refractivity contribution is 7.89. The Labute approximate surface area is 131 Å². The van der Waals surface area contributed by atoms with E-state index in [1.54, 1.807) is 12.1 Å². The monoisotopic (exact) mass is 329 g/mol. The molecule has 0 radical (unpaired) electrons. The molecule has 1 fully saturated rings. The topological polar surface area (TPSA) is 73.9 Å². The van der Waals surface area contributed by atoms with Gasteiger partial charge in [-0.2, -0.15) is 0 Å². The molecule has 1 heterocycles. The van der Waals surface area contributed by atoms with Gasteiger partial charge in [0.05, 0.1) is 20.3 Å². The predicted octanol–water partition coefficient (Wildman–Crippen LogP) is 1.83. The van der Waals surface area contributed by atoms with E-state index in [2.05, 4.69) is 4.72 Å². The Morgan fingerprint density at radius 3 is 2.64 bits per heavy atom. The Bertz CT molecular complexity index is 608. The molecule has 22 heavy (non-hydrogen) atoms. The SMILES string of the molecule is COc1ccc(C)cc1S(=O)(=O)NCCC1(C)OCCCO1. The number of sulfonamides is 1. The van der Waals surface area contributed by atoms with E-state index in [9.17, 15) is 8.42 Å². The van der Waals surface area contributed by atoms with Crippen molar-refractivity contribution in [2.75, 3.05) is 26.9 Å². The van der Waals surface area contributed by atoms with Crippen LogP contribution >= 0.6 is 0 Å². The summed E-state index contributed by atoms with van der Waals surface area (Å²) < 4.78 is 43.7. The van der Waals surface area contributed by atoms with E-state index >= 15 is 0 Å². The van der Waals surface area contributed by atoms with Gasteiger partial charge in [0.25, 0.3) is 0 Å². The molecule has 1 aromatic rings. The van der Waals surface area contributed by atoms with Crippen LogP contribution in [0.15, 0.2) is 23.1 Å². The number of nitrogens with one attached hydrogen (secondary N) is 1. The molecule has 124 valence electrons. The number of aryl methyl sites for hydroxylation is 1. The molecule has 1 aromatic carbocycles. The van der Waals surface area contributed by atoms with Crippen LogP contribution in [0.4, 0.5) is 0 Å². The van der Waals surface area contributed by atoms with Crippen molar-refractivity contribution in [3.8, 4) is 5.75 Å². The van der Waals surface area contributed by atoms with Gasteiger partial charge in [0, 0.05) is 13.0 Å². The Morgan fingerprint density at radius 2 is 2.00 bits per heavy atom. The van der Waals surface area contributed by atoms with Crippen molar-refractivity contribution in [1.29, 1.82) is 0 Å². The fourth-order valence-electron chi connectivity index (χ4n) is 2.31. The van der Waals surface area contributed by atoms with E-state index in [-0.39, 0.29) is 11.4 Å². The highest BCUT2D eigenvalue weighted by Gasteiger charge is 2.29. The molecule has 0 amide bonds. The van der Waals surface area contributed by atoms with Crippen molar-refractivity contribution < 1.29 is 22.6 Å². The molecular formula is C15H23NO5S. The maximum atomic E-state index is 12.4. The van der Waals surface area contributed by atoms with Gasteiger partial charge in [-0.25, -0.2) is 13.1 Å². The third-order valence-corrected chi connectivity index (χ3v) is 5.07. The summed E-state index contributed by atoms with van der Waals surface area (Å²) in [5.41, 5.74) is 0.854. The largest absolute Gasteiger partial charge is 0.495 e. The standard InChI is InChI=1S/C15H23NO5S/c1-12-5-6-13(19-3)14(11-12)22(17,18)16-8-7-15(2)20-9-4-10-21-15/h5-6,11,16H,4,7-10H2,1-3H3. The second kappa shape index (κ2) is 6.95. The van der Waals surface area contributed by atoms with Crippen LogP contribution in [0.2, 0.25) is 0 Å². The van der Waals surface area contributed by atoms with Gasteiger partial charge in [-0.3, -0.25) is 0 Å². The average molecular weight is 329 g/mol. The molecule has 7 heteroatoms. The van der Waals surface area contributed by atoms with E-state index in [1.807, 2.05) is 19.9 Å². The Morgan fingerprint density at radius 1 is 1.32 bits per heavy atom. The van der Waals surface area contributed by atoms with Gasteiger partial charge < -0.3 is 14.2 Å². The lowest BCUT2D eigenvalue weighted by Gasteiger charge is -2.33. The van der Waals surface area contributed by atoms with E-state index in [0.717, 1.165) is 12.0 Å². The molecule has 0 unspecified atom stereocenters. The molecule has 1 N–H and O–H groups in total. The molecular weight excluding hydrogens is 306 g/mol. The first-order chi connectivity index (χ1) is 10.4. The first-order valence-corrected chi connectivity index (χ1v) is 8.77. The van der Waals surface area contributed by atoms with Crippen molar-refractivity contribution in [3.05, 3.63) is 23.8 Å². The third-order valence-electron chi connectivity index (χ3n) is 3.58. The van der Waals surface area contributed by atoms with Crippen molar-refractivity contribution in [2.45, 2.75) is 37.4 Å². The molecule has 0 bridgehead atoms. The summed E-state index contributed by atoms with van der Waals surface area (Å²) in [6, 6.07) is 5.05. The normalized spacial score (nSPS) is 18.1. The molecule has 0 aromatic heterocycles. The van der Waals surface area contributed by atoms with Crippen LogP contribution in [-0.2, 0) is 19.5 Å². The van der Waals surface area contributed by atoms with Gasteiger partial charge in [0.2, 0.25) is 10.0 Å². The fraction of sp³-hybridized carbons (Fsp3) is 0.600.